The number of nitrogens with zero attached hydrogens (tertiary/aromatic N) is 2. The first kappa shape index (κ1) is 6.58. The summed E-state index contributed by atoms with van der Waals surface area (Å²) >= 11 is 0. The van der Waals surface area contributed by atoms with E-state index in [-0.39, 0.29) is 0 Å². The Morgan fingerprint density at radius 3 is 2.73 bits per heavy atom. The van der Waals surface area contributed by atoms with Gasteiger partial charge in [0.25, 0.3) is 5.89 Å². The normalized spacial score (nSPS) is 16.3. The Balaban J connectivity index is 2.17. The molecular weight excluding hydrogens is 140 g/mol. The van der Waals surface area contributed by atoms with Gasteiger partial charge in [0.1, 0.15) is 0 Å². The molecule has 0 atom stereocenters. The SMILES string of the molecule is Cc1noc(C=C2CCC2)n1. The highest BCUT2D eigenvalue weighted by Crippen LogP contribution is 2.26. The first-order chi connectivity index (χ1) is 5.34. The summed E-state index contributed by atoms with van der Waals surface area (Å²) in [6.07, 6.45) is 5.69. The number of hydrogen-bond donors (Lipinski definition) is 0. The average Bonchev–Trinajstić information content (AvgIpc) is 2.27. The number of aryl methyl sites for hydroxylation is 1. The molecule has 1 aliphatic carbocycles. The molecule has 58 valence electrons. The number of rotatable bonds is 1. The van der Waals surface area contributed by atoms with Gasteiger partial charge in [-0.15, -0.1) is 0 Å². The van der Waals surface area contributed by atoms with Gasteiger partial charge in [0, 0.05) is 6.08 Å². The number of hydrogen-bond acceptors (Lipinski definition) is 3. The summed E-state index contributed by atoms with van der Waals surface area (Å²) in [5.74, 6) is 1.35. The van der Waals surface area contributed by atoms with Crippen molar-refractivity contribution in [2.24, 2.45) is 0 Å². The lowest BCUT2D eigenvalue weighted by atomic mass is 9.92. The largest absolute Gasteiger partial charge is 0.335 e. The molecule has 3 heteroatoms. The van der Waals surface area contributed by atoms with Crippen LogP contribution in [0.15, 0.2) is 10.1 Å². The van der Waals surface area contributed by atoms with Gasteiger partial charge in [-0.25, -0.2) is 0 Å². The highest BCUT2D eigenvalue weighted by atomic mass is 16.5. The molecular formula is C8H10N2O. The lowest BCUT2D eigenvalue weighted by Crippen LogP contribution is -1.95. The Morgan fingerprint density at radius 2 is 2.27 bits per heavy atom. The van der Waals surface area contributed by atoms with E-state index in [1.807, 2.05) is 13.0 Å². The van der Waals surface area contributed by atoms with E-state index in [2.05, 4.69) is 10.1 Å². The van der Waals surface area contributed by atoms with Crippen molar-refractivity contribution in [3.8, 4) is 0 Å². The Hall–Kier alpha value is -1.12. The van der Waals surface area contributed by atoms with Crippen molar-refractivity contribution in [3.63, 3.8) is 0 Å². The van der Waals surface area contributed by atoms with E-state index in [9.17, 15) is 0 Å². The molecule has 2 rings (SSSR count). The molecule has 3 nitrogen and oxygen atoms in total. The molecule has 0 N–H and O–H groups in total. The molecule has 1 aromatic rings. The van der Waals surface area contributed by atoms with Gasteiger partial charge in [0.15, 0.2) is 5.82 Å². The summed E-state index contributed by atoms with van der Waals surface area (Å²) in [6.45, 7) is 1.83. The fraction of sp³-hybridized carbons (Fsp3) is 0.500. The summed E-state index contributed by atoms with van der Waals surface area (Å²) in [4.78, 5) is 4.08. The molecule has 0 saturated heterocycles. The second kappa shape index (κ2) is 2.49. The maximum Gasteiger partial charge on any atom is 0.250 e. The molecule has 0 aliphatic heterocycles. The van der Waals surface area contributed by atoms with Gasteiger partial charge in [-0.1, -0.05) is 10.7 Å². The van der Waals surface area contributed by atoms with Crippen molar-refractivity contribution >= 4 is 6.08 Å². The highest BCUT2D eigenvalue weighted by molar-refractivity contribution is 5.45. The minimum absolute atomic E-state index is 0.650. The van der Waals surface area contributed by atoms with Crippen LogP contribution in [0.5, 0.6) is 0 Å². The lowest BCUT2D eigenvalue weighted by molar-refractivity contribution is 0.404. The fourth-order valence-corrected chi connectivity index (χ4v) is 1.07. The van der Waals surface area contributed by atoms with Crippen LogP contribution in [-0.4, -0.2) is 10.1 Å². The smallest absolute Gasteiger partial charge is 0.250 e. The second-order valence-electron chi connectivity index (χ2n) is 2.84. The van der Waals surface area contributed by atoms with Gasteiger partial charge in [0.2, 0.25) is 0 Å². The summed E-state index contributed by atoms with van der Waals surface area (Å²) in [7, 11) is 0. The molecule has 0 radical (unpaired) electrons. The molecule has 1 aromatic heterocycles. The topological polar surface area (TPSA) is 38.9 Å². The van der Waals surface area contributed by atoms with Crippen molar-refractivity contribution in [2.45, 2.75) is 26.2 Å². The van der Waals surface area contributed by atoms with Gasteiger partial charge >= 0.3 is 0 Å². The van der Waals surface area contributed by atoms with Crippen LogP contribution in [0.3, 0.4) is 0 Å². The number of aromatic nitrogens is 2. The van der Waals surface area contributed by atoms with Crippen molar-refractivity contribution < 1.29 is 4.52 Å². The monoisotopic (exact) mass is 150 g/mol. The average molecular weight is 150 g/mol. The molecule has 1 heterocycles. The first-order valence-corrected chi connectivity index (χ1v) is 3.84. The summed E-state index contributed by atoms with van der Waals surface area (Å²) < 4.78 is 4.93. The van der Waals surface area contributed by atoms with Crippen LogP contribution >= 0.6 is 0 Å². The Bertz CT molecular complexity index is 282. The van der Waals surface area contributed by atoms with Crippen LogP contribution in [0.4, 0.5) is 0 Å². The fourth-order valence-electron chi connectivity index (χ4n) is 1.07. The minimum Gasteiger partial charge on any atom is -0.335 e. The van der Waals surface area contributed by atoms with E-state index in [1.165, 1.54) is 24.8 Å². The van der Waals surface area contributed by atoms with Crippen molar-refractivity contribution in [2.75, 3.05) is 0 Å². The van der Waals surface area contributed by atoms with Gasteiger partial charge < -0.3 is 4.52 Å². The Kier molecular flexibility index (Phi) is 1.49. The quantitative estimate of drug-likeness (QED) is 0.614. The van der Waals surface area contributed by atoms with Gasteiger partial charge in [0.05, 0.1) is 0 Å². The third-order valence-electron chi connectivity index (χ3n) is 1.87. The second-order valence-corrected chi connectivity index (χ2v) is 2.84. The summed E-state index contributed by atoms with van der Waals surface area (Å²) in [5, 5.41) is 3.70. The maximum atomic E-state index is 4.93. The Labute approximate surface area is 65.1 Å². The predicted molar refractivity (Wildman–Crippen MR) is 40.9 cm³/mol. The van der Waals surface area contributed by atoms with Gasteiger partial charge in [-0.05, 0) is 26.2 Å². The molecule has 0 unspecified atom stereocenters. The lowest BCUT2D eigenvalue weighted by Gasteiger charge is -2.14. The zero-order valence-corrected chi connectivity index (χ0v) is 6.50. The first-order valence-electron chi connectivity index (χ1n) is 3.84. The highest BCUT2D eigenvalue weighted by Gasteiger charge is 2.09. The Morgan fingerprint density at radius 1 is 1.45 bits per heavy atom. The molecule has 0 aromatic carbocycles. The van der Waals surface area contributed by atoms with Crippen molar-refractivity contribution in [3.05, 3.63) is 17.3 Å². The predicted octanol–water partition coefficient (Wildman–Crippen LogP) is 1.95. The third kappa shape index (κ3) is 1.31. The molecule has 1 aliphatic rings. The summed E-state index contributed by atoms with van der Waals surface area (Å²) in [5.41, 5.74) is 1.42. The van der Waals surface area contributed by atoms with E-state index in [0.29, 0.717) is 11.7 Å². The van der Waals surface area contributed by atoms with Crippen LogP contribution < -0.4 is 0 Å². The molecule has 11 heavy (non-hydrogen) atoms. The third-order valence-corrected chi connectivity index (χ3v) is 1.87. The van der Waals surface area contributed by atoms with Crippen LogP contribution in [0.25, 0.3) is 6.08 Å². The van der Waals surface area contributed by atoms with Crippen LogP contribution in [0.1, 0.15) is 31.0 Å². The number of allylic oxidation sites excluding steroid dienone is 1. The molecule has 0 bridgehead atoms. The van der Waals surface area contributed by atoms with E-state index in [0.717, 1.165) is 0 Å². The maximum absolute atomic E-state index is 4.93. The van der Waals surface area contributed by atoms with Crippen LogP contribution in [0.2, 0.25) is 0 Å². The van der Waals surface area contributed by atoms with Gasteiger partial charge in [-0.2, -0.15) is 4.98 Å². The standard InChI is InChI=1S/C8H10N2O/c1-6-9-8(11-10-6)5-7-3-2-4-7/h5H,2-4H2,1H3. The molecule has 0 spiro atoms. The molecule has 0 amide bonds. The molecule has 1 saturated carbocycles. The zero-order chi connectivity index (χ0) is 7.68. The summed E-state index contributed by atoms with van der Waals surface area (Å²) in [6, 6.07) is 0. The van der Waals surface area contributed by atoms with E-state index in [4.69, 9.17) is 4.52 Å². The minimum atomic E-state index is 0.650. The molecule has 1 fully saturated rings. The van der Waals surface area contributed by atoms with E-state index >= 15 is 0 Å². The van der Waals surface area contributed by atoms with Crippen molar-refractivity contribution in [1.82, 2.24) is 10.1 Å². The van der Waals surface area contributed by atoms with Crippen LogP contribution in [0, 0.1) is 6.92 Å². The zero-order valence-electron chi connectivity index (χ0n) is 6.50. The van der Waals surface area contributed by atoms with Crippen molar-refractivity contribution in [1.29, 1.82) is 0 Å². The van der Waals surface area contributed by atoms with Gasteiger partial charge in [-0.3, -0.25) is 0 Å². The van der Waals surface area contributed by atoms with Crippen LogP contribution in [-0.2, 0) is 0 Å². The van der Waals surface area contributed by atoms with E-state index < -0.39 is 0 Å². The van der Waals surface area contributed by atoms with E-state index in [1.54, 1.807) is 0 Å².